The van der Waals surface area contributed by atoms with Gasteiger partial charge in [-0.05, 0) is 78.5 Å². The number of methoxy groups -OCH3 is 1. The van der Waals surface area contributed by atoms with Gasteiger partial charge in [0.25, 0.3) is 0 Å². The summed E-state index contributed by atoms with van der Waals surface area (Å²) in [5, 5.41) is 34.2. The Bertz CT molecular complexity index is 1270. The Kier molecular flexibility index (Phi) is 9.01. The number of nitrogens with zero attached hydrogens (tertiary/aromatic N) is 1. The summed E-state index contributed by atoms with van der Waals surface area (Å²) in [6.45, 7) is 4.91. The first kappa shape index (κ1) is 31.4. The van der Waals surface area contributed by atoms with Crippen molar-refractivity contribution in [3.8, 4) is 11.5 Å². The monoisotopic (exact) mass is 610 g/mol. The molecule has 0 spiro atoms. The van der Waals surface area contributed by atoms with Crippen molar-refractivity contribution in [2.45, 2.75) is 102 Å². The average molecular weight is 611 g/mol. The second-order valence-electron chi connectivity index (χ2n) is 14.5. The molecule has 242 valence electrons. The number of nitrogens with one attached hydrogen (secondary N) is 1. The minimum absolute atomic E-state index is 0.0284. The minimum atomic E-state index is -1.08. The van der Waals surface area contributed by atoms with Crippen LogP contribution in [0.1, 0.15) is 88.7 Å². The molecule has 0 unspecified atom stereocenters. The molecule has 7 atom stereocenters. The summed E-state index contributed by atoms with van der Waals surface area (Å²) in [4.78, 5) is 29.8. The predicted molar refractivity (Wildman–Crippen MR) is 165 cm³/mol. The first-order valence-electron chi connectivity index (χ1n) is 16.7. The fourth-order valence-electron chi connectivity index (χ4n) is 9.21. The lowest BCUT2D eigenvalue weighted by Crippen LogP contribution is -2.59. The Labute approximate surface area is 261 Å². The van der Waals surface area contributed by atoms with Gasteiger partial charge in [0.2, 0.25) is 11.8 Å². The largest absolute Gasteiger partial charge is 0.493 e. The molecule has 0 saturated heterocycles. The van der Waals surface area contributed by atoms with Gasteiger partial charge in [0.05, 0.1) is 32.3 Å². The maximum Gasteiger partial charge on any atom is 0.247 e. The molecule has 1 heterocycles. The molecule has 2 bridgehead atoms. The number of carbonyl (C=O) groups excluding carboxylic acids is 2. The molecule has 5 aliphatic carbocycles. The lowest BCUT2D eigenvalue weighted by Gasteiger charge is -2.61. The number of carbonyl (C=O) groups is 2. The van der Waals surface area contributed by atoms with Crippen LogP contribution in [0.25, 0.3) is 0 Å². The summed E-state index contributed by atoms with van der Waals surface area (Å²) in [6, 6.07) is 2.76. The van der Waals surface area contributed by atoms with E-state index < -0.39 is 24.2 Å². The third kappa shape index (κ3) is 5.53. The second-order valence-corrected chi connectivity index (χ2v) is 14.5. The number of hydrogen-bond donors (Lipinski definition) is 4. The van der Waals surface area contributed by atoms with Crippen LogP contribution in [0.3, 0.4) is 0 Å². The zero-order valence-corrected chi connectivity index (χ0v) is 26.5. The zero-order valence-electron chi connectivity index (χ0n) is 26.5. The van der Waals surface area contributed by atoms with Crippen molar-refractivity contribution < 1.29 is 34.4 Å². The van der Waals surface area contributed by atoms with Crippen molar-refractivity contribution in [1.29, 1.82) is 0 Å². The van der Waals surface area contributed by atoms with Gasteiger partial charge in [0, 0.05) is 30.6 Å². The van der Waals surface area contributed by atoms with Crippen LogP contribution in [0.5, 0.6) is 11.5 Å². The Morgan fingerprint density at radius 3 is 2.57 bits per heavy atom. The van der Waals surface area contributed by atoms with Crippen LogP contribution in [-0.2, 0) is 16.2 Å². The Morgan fingerprint density at radius 1 is 1.14 bits per heavy atom. The molecule has 9 heteroatoms. The predicted octanol–water partition coefficient (Wildman–Crippen LogP) is 3.68. The van der Waals surface area contributed by atoms with Gasteiger partial charge in [0.1, 0.15) is 12.2 Å². The van der Waals surface area contributed by atoms with Crippen molar-refractivity contribution >= 4 is 11.8 Å². The maximum absolute atomic E-state index is 14.2. The number of rotatable bonds is 11. The van der Waals surface area contributed by atoms with Crippen LogP contribution in [0.4, 0.5) is 0 Å². The van der Waals surface area contributed by atoms with E-state index in [9.17, 15) is 24.9 Å². The maximum atomic E-state index is 14.2. The molecule has 4 fully saturated rings. The Hall–Kier alpha value is -2.62. The summed E-state index contributed by atoms with van der Waals surface area (Å²) < 4.78 is 12.0. The summed E-state index contributed by atoms with van der Waals surface area (Å²) in [5.74, 6) is 2.08. The fourth-order valence-corrected chi connectivity index (χ4v) is 9.21. The lowest BCUT2D eigenvalue weighted by molar-refractivity contribution is -0.146. The molecule has 44 heavy (non-hydrogen) atoms. The van der Waals surface area contributed by atoms with Crippen LogP contribution in [0.2, 0.25) is 0 Å². The molecule has 0 radical (unpaired) electrons. The second kappa shape index (κ2) is 12.6. The van der Waals surface area contributed by atoms with E-state index in [4.69, 9.17) is 9.47 Å². The third-order valence-electron chi connectivity index (χ3n) is 11.8. The quantitative estimate of drug-likeness (QED) is 0.301. The highest BCUT2D eigenvalue weighted by Gasteiger charge is 2.56. The summed E-state index contributed by atoms with van der Waals surface area (Å²) in [6.07, 6.45) is 9.36. The van der Waals surface area contributed by atoms with Gasteiger partial charge in [-0.3, -0.25) is 9.59 Å². The molecule has 6 aliphatic rings. The van der Waals surface area contributed by atoms with E-state index in [1.807, 2.05) is 4.90 Å². The van der Waals surface area contributed by atoms with Gasteiger partial charge in [-0.15, -0.1) is 0 Å². The molecule has 4 N–H and O–H groups in total. The van der Waals surface area contributed by atoms with Crippen molar-refractivity contribution in [2.24, 2.45) is 29.1 Å². The van der Waals surface area contributed by atoms with Gasteiger partial charge in [0.15, 0.2) is 11.5 Å². The molecule has 2 amide bonds. The number of amides is 2. The van der Waals surface area contributed by atoms with E-state index in [-0.39, 0.29) is 37.0 Å². The van der Waals surface area contributed by atoms with E-state index in [0.29, 0.717) is 58.9 Å². The van der Waals surface area contributed by atoms with Crippen LogP contribution in [-0.4, -0.2) is 77.1 Å². The smallest absolute Gasteiger partial charge is 0.247 e. The zero-order chi connectivity index (χ0) is 31.2. The van der Waals surface area contributed by atoms with Gasteiger partial charge >= 0.3 is 0 Å². The topological polar surface area (TPSA) is 129 Å². The number of hydrogen-bond acceptors (Lipinski definition) is 7. The summed E-state index contributed by atoms with van der Waals surface area (Å²) >= 11 is 0. The van der Waals surface area contributed by atoms with E-state index >= 15 is 0 Å². The molecule has 9 nitrogen and oxygen atoms in total. The van der Waals surface area contributed by atoms with Crippen molar-refractivity contribution in [2.75, 3.05) is 26.8 Å². The van der Waals surface area contributed by atoms with Gasteiger partial charge < -0.3 is 35.0 Å². The fraction of sp³-hybridized carbons (Fsp3) is 0.714. The number of benzene rings is 1. The molecule has 7 rings (SSSR count). The van der Waals surface area contributed by atoms with Gasteiger partial charge in [-0.1, -0.05) is 39.5 Å². The summed E-state index contributed by atoms with van der Waals surface area (Å²) in [5.41, 5.74) is 1.92. The number of aliphatic hydroxyl groups is 3. The first-order valence-corrected chi connectivity index (χ1v) is 16.7. The molecule has 1 aromatic rings. The molecule has 1 aromatic carbocycles. The van der Waals surface area contributed by atoms with Gasteiger partial charge in [-0.25, -0.2) is 0 Å². The Balaban J connectivity index is 1.36. The normalized spacial score (nSPS) is 31.7. The van der Waals surface area contributed by atoms with Crippen LogP contribution in [0.15, 0.2) is 23.8 Å². The third-order valence-corrected chi connectivity index (χ3v) is 11.8. The van der Waals surface area contributed by atoms with E-state index in [1.54, 1.807) is 18.2 Å². The minimum Gasteiger partial charge on any atom is -0.493 e. The highest BCUT2D eigenvalue weighted by molar-refractivity contribution is 5.96. The Morgan fingerprint density at radius 2 is 1.91 bits per heavy atom. The van der Waals surface area contributed by atoms with Crippen molar-refractivity contribution in [3.05, 3.63) is 34.9 Å². The average Bonchev–Trinajstić information content (AvgIpc) is 3.70. The molecule has 4 saturated carbocycles. The van der Waals surface area contributed by atoms with E-state index in [0.717, 1.165) is 25.2 Å². The van der Waals surface area contributed by atoms with Crippen LogP contribution >= 0.6 is 0 Å². The summed E-state index contributed by atoms with van der Waals surface area (Å²) in [7, 11) is 1.52. The highest BCUT2D eigenvalue weighted by atomic mass is 16.5. The lowest BCUT2D eigenvalue weighted by atomic mass is 9.45. The van der Waals surface area contributed by atoms with E-state index in [2.05, 4.69) is 19.2 Å². The van der Waals surface area contributed by atoms with Crippen molar-refractivity contribution in [3.63, 3.8) is 0 Å². The standard InChI is InChI=1S/C35H50N2O7/c1-35(2)23-10-9-22(26(35)16-23)18-37(29(40)11-8-20-6-4-5-7-20)27-17-25(34(42)36-12-13-38)30-24-14-21(19-39)15-28(43-3)32(24)44-33(30)31(27)41/h14-15,17,20,22-23,26-27,30-31,33,38-39,41H,4-13,16,18-19H2,1-3H3,(H,36,42)/t22-,23-,26-,27+,30-,31-,33-/m0/s1. The molecule has 0 aromatic heterocycles. The number of fused-ring (bicyclic) bond motifs is 5. The SMILES string of the molecule is COc1cc(CO)cc2c1O[C@@H]1[C@@H](O)[C@H](N(C[C@@H]3CC[C@H]4C[C@@H]3C4(C)C)C(=O)CCC3CCCC3)C=C(C(=O)NCCO)[C@H]21. The molecular weight excluding hydrogens is 560 g/mol. The molecule has 1 aliphatic heterocycles. The first-order chi connectivity index (χ1) is 21.2. The van der Waals surface area contributed by atoms with E-state index in [1.165, 1.54) is 39.2 Å². The number of aliphatic hydroxyl groups excluding tert-OH is 3. The number of ether oxygens (including phenoxy) is 2. The molecular formula is C35H50N2O7. The van der Waals surface area contributed by atoms with Gasteiger partial charge in [-0.2, -0.15) is 0 Å². The highest BCUT2D eigenvalue weighted by Crippen LogP contribution is 2.61. The van der Waals surface area contributed by atoms with Crippen LogP contribution < -0.4 is 14.8 Å². The van der Waals surface area contributed by atoms with Crippen LogP contribution in [0, 0.1) is 29.1 Å². The van der Waals surface area contributed by atoms with Crippen molar-refractivity contribution in [1.82, 2.24) is 10.2 Å².